The van der Waals surface area contributed by atoms with Crippen LogP contribution in [0, 0.1) is 0 Å². The molecule has 1 nitrogen and oxygen atoms in total. The molecule has 4 aromatic rings. The zero-order valence-electron chi connectivity index (χ0n) is 11.5. The third-order valence-corrected chi connectivity index (χ3v) is 4.38. The van der Waals surface area contributed by atoms with E-state index in [1.807, 2.05) is 0 Å². The summed E-state index contributed by atoms with van der Waals surface area (Å²) in [6.07, 6.45) is 0.948. The van der Waals surface area contributed by atoms with Gasteiger partial charge < -0.3 is 5.11 Å². The lowest BCUT2D eigenvalue weighted by Crippen LogP contribution is -1.96. The van der Waals surface area contributed by atoms with E-state index in [1.165, 1.54) is 37.9 Å². The maximum atomic E-state index is 9.63. The zero-order valence-corrected chi connectivity index (χ0v) is 11.5. The highest BCUT2D eigenvalue weighted by molar-refractivity contribution is 6.23. The molecule has 0 atom stereocenters. The van der Waals surface area contributed by atoms with Crippen molar-refractivity contribution >= 4 is 32.3 Å². The molecule has 4 aromatic carbocycles. The maximum Gasteiger partial charge on any atom is 0.0684 e. The van der Waals surface area contributed by atoms with Gasteiger partial charge in [0.15, 0.2) is 0 Å². The van der Waals surface area contributed by atoms with Crippen LogP contribution in [0.1, 0.15) is 18.1 Å². The van der Waals surface area contributed by atoms with Crippen LogP contribution >= 0.6 is 0 Å². The third kappa shape index (κ3) is 1.41. The fourth-order valence-electron chi connectivity index (χ4n) is 3.49. The standard InChI is InChI=1S/C19H16O/c1-2-16-15(11-20)10-14-7-6-12-4-3-5-13-8-9-17(16)19(14)18(12)13/h3-10,20H,2,11H2,1H3. The number of rotatable bonds is 2. The lowest BCUT2D eigenvalue weighted by atomic mass is 9.89. The normalized spacial score (nSPS) is 11.9. The van der Waals surface area contributed by atoms with E-state index < -0.39 is 0 Å². The Morgan fingerprint density at radius 2 is 1.55 bits per heavy atom. The molecule has 0 aliphatic rings. The molecule has 4 rings (SSSR count). The molecule has 0 saturated heterocycles. The van der Waals surface area contributed by atoms with Crippen molar-refractivity contribution in [2.45, 2.75) is 20.0 Å². The van der Waals surface area contributed by atoms with Crippen molar-refractivity contribution in [1.82, 2.24) is 0 Å². The average molecular weight is 260 g/mol. The van der Waals surface area contributed by atoms with E-state index in [9.17, 15) is 5.11 Å². The van der Waals surface area contributed by atoms with Crippen molar-refractivity contribution < 1.29 is 5.11 Å². The van der Waals surface area contributed by atoms with Crippen molar-refractivity contribution in [3.63, 3.8) is 0 Å². The number of aryl methyl sites for hydroxylation is 1. The Labute approximate surface area is 117 Å². The molecule has 0 amide bonds. The van der Waals surface area contributed by atoms with Crippen LogP contribution in [-0.4, -0.2) is 5.11 Å². The van der Waals surface area contributed by atoms with Gasteiger partial charge in [-0.05, 0) is 55.9 Å². The van der Waals surface area contributed by atoms with Gasteiger partial charge in [-0.2, -0.15) is 0 Å². The number of aliphatic hydroxyl groups is 1. The largest absolute Gasteiger partial charge is 0.392 e. The molecule has 20 heavy (non-hydrogen) atoms. The van der Waals surface area contributed by atoms with Crippen LogP contribution in [0.3, 0.4) is 0 Å². The number of hydrogen-bond acceptors (Lipinski definition) is 1. The Bertz CT molecular complexity index is 905. The summed E-state index contributed by atoms with van der Waals surface area (Å²) >= 11 is 0. The van der Waals surface area contributed by atoms with Crippen LogP contribution in [0.15, 0.2) is 48.5 Å². The molecule has 98 valence electrons. The predicted molar refractivity (Wildman–Crippen MR) is 85.4 cm³/mol. The molecular weight excluding hydrogens is 244 g/mol. The van der Waals surface area contributed by atoms with Crippen molar-refractivity contribution in [2.24, 2.45) is 0 Å². The molecule has 0 aliphatic carbocycles. The van der Waals surface area contributed by atoms with Gasteiger partial charge >= 0.3 is 0 Å². The van der Waals surface area contributed by atoms with Gasteiger partial charge in [-0.3, -0.25) is 0 Å². The summed E-state index contributed by atoms with van der Waals surface area (Å²) in [5.41, 5.74) is 2.33. The van der Waals surface area contributed by atoms with Crippen molar-refractivity contribution in [2.75, 3.05) is 0 Å². The highest BCUT2D eigenvalue weighted by Crippen LogP contribution is 2.37. The van der Waals surface area contributed by atoms with Crippen molar-refractivity contribution in [3.05, 3.63) is 59.7 Å². The fourth-order valence-corrected chi connectivity index (χ4v) is 3.49. The first kappa shape index (κ1) is 11.7. The van der Waals surface area contributed by atoms with E-state index in [-0.39, 0.29) is 6.61 Å². The van der Waals surface area contributed by atoms with Crippen molar-refractivity contribution in [3.8, 4) is 0 Å². The summed E-state index contributed by atoms with van der Waals surface area (Å²) in [7, 11) is 0. The minimum Gasteiger partial charge on any atom is -0.392 e. The Morgan fingerprint density at radius 1 is 0.850 bits per heavy atom. The minimum atomic E-state index is 0.111. The first-order valence-electron chi connectivity index (χ1n) is 7.12. The average Bonchev–Trinajstić information content (AvgIpc) is 2.51. The van der Waals surface area contributed by atoms with E-state index in [2.05, 4.69) is 55.5 Å². The highest BCUT2D eigenvalue weighted by Gasteiger charge is 2.12. The summed E-state index contributed by atoms with van der Waals surface area (Å²) in [6.45, 7) is 2.27. The first-order valence-corrected chi connectivity index (χ1v) is 7.12. The van der Waals surface area contributed by atoms with Crippen LogP contribution < -0.4 is 0 Å². The fraction of sp³-hybridized carbons (Fsp3) is 0.158. The Balaban J connectivity index is 2.34. The highest BCUT2D eigenvalue weighted by atomic mass is 16.3. The van der Waals surface area contributed by atoms with E-state index in [4.69, 9.17) is 0 Å². The first-order chi connectivity index (χ1) is 9.83. The maximum absolute atomic E-state index is 9.63. The number of hydrogen-bond donors (Lipinski definition) is 1. The second-order valence-electron chi connectivity index (χ2n) is 5.38. The molecule has 0 unspecified atom stereocenters. The van der Waals surface area contributed by atoms with Gasteiger partial charge in [0.25, 0.3) is 0 Å². The Kier molecular flexibility index (Phi) is 2.45. The lowest BCUT2D eigenvalue weighted by Gasteiger charge is -2.16. The summed E-state index contributed by atoms with van der Waals surface area (Å²) in [5, 5.41) is 17.4. The van der Waals surface area contributed by atoms with Gasteiger partial charge in [0.2, 0.25) is 0 Å². The smallest absolute Gasteiger partial charge is 0.0684 e. The number of aliphatic hydroxyl groups excluding tert-OH is 1. The summed E-state index contributed by atoms with van der Waals surface area (Å²) in [4.78, 5) is 0. The van der Waals surface area contributed by atoms with Crippen LogP contribution in [0.5, 0.6) is 0 Å². The van der Waals surface area contributed by atoms with Gasteiger partial charge in [0.05, 0.1) is 6.61 Å². The molecule has 0 aliphatic heterocycles. The molecule has 0 aromatic heterocycles. The molecule has 0 bridgehead atoms. The molecule has 0 radical (unpaired) electrons. The van der Waals surface area contributed by atoms with Gasteiger partial charge in [0.1, 0.15) is 0 Å². The van der Waals surface area contributed by atoms with Crippen LogP contribution in [-0.2, 0) is 13.0 Å². The third-order valence-electron chi connectivity index (χ3n) is 4.38. The minimum absolute atomic E-state index is 0.111. The van der Waals surface area contributed by atoms with Gasteiger partial charge in [-0.15, -0.1) is 0 Å². The van der Waals surface area contributed by atoms with Crippen molar-refractivity contribution in [1.29, 1.82) is 0 Å². The Morgan fingerprint density at radius 3 is 2.25 bits per heavy atom. The molecule has 0 saturated carbocycles. The van der Waals surface area contributed by atoms with E-state index in [0.717, 1.165) is 12.0 Å². The van der Waals surface area contributed by atoms with Crippen LogP contribution in [0.4, 0.5) is 0 Å². The van der Waals surface area contributed by atoms with E-state index in [1.54, 1.807) is 0 Å². The molecule has 1 N–H and O–H groups in total. The van der Waals surface area contributed by atoms with Gasteiger partial charge in [-0.25, -0.2) is 0 Å². The topological polar surface area (TPSA) is 20.2 Å². The molecule has 1 heteroatoms. The molecule has 0 fully saturated rings. The lowest BCUT2D eigenvalue weighted by molar-refractivity contribution is 0.281. The zero-order chi connectivity index (χ0) is 13.7. The van der Waals surface area contributed by atoms with E-state index >= 15 is 0 Å². The number of benzene rings is 4. The van der Waals surface area contributed by atoms with Crippen LogP contribution in [0.2, 0.25) is 0 Å². The van der Waals surface area contributed by atoms with Gasteiger partial charge in [0, 0.05) is 0 Å². The van der Waals surface area contributed by atoms with E-state index in [0.29, 0.717) is 0 Å². The predicted octanol–water partition coefficient (Wildman–Crippen LogP) is 4.64. The summed E-state index contributed by atoms with van der Waals surface area (Å²) in [5.74, 6) is 0. The Hall–Kier alpha value is -2.12. The quantitative estimate of drug-likeness (QED) is 0.521. The SMILES string of the molecule is CCc1c(CO)cc2ccc3cccc4ccc1c2c34. The second kappa shape index (κ2) is 4.19. The van der Waals surface area contributed by atoms with Gasteiger partial charge in [-0.1, -0.05) is 49.4 Å². The van der Waals surface area contributed by atoms with Crippen LogP contribution in [0.25, 0.3) is 32.3 Å². The molecular formula is C19H16O. The molecule has 0 heterocycles. The monoisotopic (exact) mass is 260 g/mol. The summed E-state index contributed by atoms with van der Waals surface area (Å²) in [6, 6.07) is 17.4. The summed E-state index contributed by atoms with van der Waals surface area (Å²) < 4.78 is 0. The second-order valence-corrected chi connectivity index (χ2v) is 5.38. The molecule has 0 spiro atoms.